The molecule has 0 saturated heterocycles. The van der Waals surface area contributed by atoms with E-state index < -0.39 is 0 Å². The monoisotopic (exact) mass is 333 g/mol. The van der Waals surface area contributed by atoms with Crippen LogP contribution < -0.4 is 4.90 Å². The molecule has 1 aliphatic heterocycles. The lowest BCUT2D eigenvalue weighted by Crippen LogP contribution is -2.51. The number of fused-ring (bicyclic) bond motifs is 1. The molecule has 1 aromatic carbocycles. The molecule has 1 fully saturated rings. The number of rotatable bonds is 3. The lowest BCUT2D eigenvalue weighted by atomic mass is 9.93. The molecule has 0 atom stereocenters. The van der Waals surface area contributed by atoms with Gasteiger partial charge in [0.2, 0.25) is 0 Å². The fraction of sp³-hybridized carbons (Fsp3) is 0.556. The predicted octanol–water partition coefficient (Wildman–Crippen LogP) is 4.42. The molecule has 1 aromatic rings. The topological polar surface area (TPSA) is 6.25 Å². The first-order chi connectivity index (χ1) is 10.6. The molecule has 4 heteroatoms. The predicted molar refractivity (Wildman–Crippen MR) is 101 cm³/mol. The summed E-state index contributed by atoms with van der Waals surface area (Å²) in [6.07, 6.45) is 6.58. The Kier molecular flexibility index (Phi) is 4.88. The number of benzene rings is 1. The van der Waals surface area contributed by atoms with E-state index in [1.165, 1.54) is 43.4 Å². The molecule has 1 heterocycles. The molecular weight excluding hydrogens is 308 g/mol. The normalized spacial score (nSPS) is 19.5. The smallest absolute Gasteiger partial charge is 0.253 e. The first kappa shape index (κ1) is 16.0. The van der Waals surface area contributed by atoms with E-state index in [1.54, 1.807) is 0 Å². The maximum atomic E-state index is 5.53. The SMILES string of the molecule is CC(C)N1C(C(=S)S)=[N+](C2CCCCC2)Cc2ccccc21. The van der Waals surface area contributed by atoms with Crippen LogP contribution in [0.4, 0.5) is 5.69 Å². The van der Waals surface area contributed by atoms with Crippen LogP contribution in [0.5, 0.6) is 0 Å². The van der Waals surface area contributed by atoms with Crippen LogP contribution in [-0.2, 0) is 6.54 Å². The van der Waals surface area contributed by atoms with Crippen LogP contribution in [0.3, 0.4) is 0 Å². The summed E-state index contributed by atoms with van der Waals surface area (Å²) in [6.45, 7) is 5.42. The van der Waals surface area contributed by atoms with Crippen molar-refractivity contribution < 1.29 is 4.58 Å². The lowest BCUT2D eigenvalue weighted by Gasteiger charge is -2.34. The Morgan fingerprint density at radius 2 is 1.91 bits per heavy atom. The number of para-hydroxylation sites is 1. The van der Waals surface area contributed by atoms with Crippen molar-refractivity contribution in [2.75, 3.05) is 4.90 Å². The number of amidine groups is 1. The second-order valence-electron chi connectivity index (χ2n) is 6.64. The molecule has 1 saturated carbocycles. The van der Waals surface area contributed by atoms with Gasteiger partial charge in [-0.05, 0) is 45.6 Å². The minimum Gasteiger partial charge on any atom is -0.253 e. The highest BCUT2D eigenvalue weighted by molar-refractivity contribution is 8.13. The van der Waals surface area contributed by atoms with Gasteiger partial charge in [0.25, 0.3) is 0 Å². The van der Waals surface area contributed by atoms with Gasteiger partial charge in [0.15, 0.2) is 4.20 Å². The third kappa shape index (κ3) is 2.95. The molecule has 0 bridgehead atoms. The van der Waals surface area contributed by atoms with Crippen molar-refractivity contribution in [1.29, 1.82) is 0 Å². The maximum absolute atomic E-state index is 5.53. The largest absolute Gasteiger partial charge is 0.302 e. The van der Waals surface area contributed by atoms with Crippen LogP contribution in [-0.4, -0.2) is 26.7 Å². The van der Waals surface area contributed by atoms with Gasteiger partial charge in [-0.2, -0.15) is 0 Å². The van der Waals surface area contributed by atoms with Crippen molar-refractivity contribution in [3.63, 3.8) is 0 Å². The second kappa shape index (κ2) is 6.71. The molecule has 1 aliphatic carbocycles. The minimum absolute atomic E-state index is 0.368. The summed E-state index contributed by atoms with van der Waals surface area (Å²) < 4.78 is 3.24. The van der Waals surface area contributed by atoms with Gasteiger partial charge in [-0.1, -0.05) is 36.8 Å². The van der Waals surface area contributed by atoms with E-state index >= 15 is 0 Å². The van der Waals surface area contributed by atoms with E-state index in [9.17, 15) is 0 Å². The third-order valence-corrected chi connectivity index (χ3v) is 5.20. The first-order valence-corrected chi connectivity index (χ1v) is 9.19. The zero-order chi connectivity index (χ0) is 15.7. The van der Waals surface area contributed by atoms with Gasteiger partial charge < -0.3 is 0 Å². The number of anilines is 1. The Balaban J connectivity index is 2.11. The number of hydrogen-bond acceptors (Lipinski definition) is 2. The molecule has 0 radical (unpaired) electrons. The summed E-state index contributed by atoms with van der Waals surface area (Å²) in [6, 6.07) is 9.68. The Labute approximate surface area is 144 Å². The van der Waals surface area contributed by atoms with Crippen molar-refractivity contribution in [2.45, 2.75) is 64.6 Å². The summed E-state index contributed by atoms with van der Waals surface area (Å²) in [5.41, 5.74) is 2.69. The van der Waals surface area contributed by atoms with E-state index in [0.717, 1.165) is 12.4 Å². The zero-order valence-corrected chi connectivity index (χ0v) is 15.2. The van der Waals surface area contributed by atoms with Crippen molar-refractivity contribution >= 4 is 40.6 Å². The third-order valence-electron chi connectivity index (χ3n) is 4.82. The Hall–Kier alpha value is -0.870. The minimum atomic E-state index is 0.368. The molecule has 3 rings (SSSR count). The Morgan fingerprint density at radius 3 is 2.55 bits per heavy atom. The quantitative estimate of drug-likeness (QED) is 0.497. The van der Waals surface area contributed by atoms with Crippen LogP contribution >= 0.6 is 24.8 Å². The summed E-state index contributed by atoms with van der Waals surface area (Å²) >= 11 is 10.1. The molecule has 0 aromatic heterocycles. The number of nitrogens with zero attached hydrogens (tertiary/aromatic N) is 2. The summed E-state index contributed by atoms with van der Waals surface area (Å²) in [5.74, 6) is 1.14. The average Bonchev–Trinajstić information content (AvgIpc) is 2.53. The van der Waals surface area contributed by atoms with Crippen LogP contribution in [0.25, 0.3) is 0 Å². The van der Waals surface area contributed by atoms with E-state index in [2.05, 4.69) is 60.2 Å². The second-order valence-corrected chi connectivity index (χ2v) is 7.80. The van der Waals surface area contributed by atoms with Gasteiger partial charge in [0.05, 0.1) is 12.1 Å². The molecule has 0 N–H and O–H groups in total. The highest BCUT2D eigenvalue weighted by Gasteiger charge is 2.38. The summed E-state index contributed by atoms with van der Waals surface area (Å²) in [4.78, 5) is 2.38. The van der Waals surface area contributed by atoms with E-state index in [1.807, 2.05) is 0 Å². The summed E-state index contributed by atoms with van der Waals surface area (Å²) in [5, 5.41) is 0. The van der Waals surface area contributed by atoms with E-state index in [-0.39, 0.29) is 0 Å². The number of thiocarbonyl (C=S) groups is 1. The molecule has 0 unspecified atom stereocenters. The van der Waals surface area contributed by atoms with Crippen molar-refractivity contribution in [3.8, 4) is 0 Å². The highest BCUT2D eigenvalue weighted by Crippen LogP contribution is 2.31. The average molecular weight is 334 g/mol. The molecule has 0 spiro atoms. The van der Waals surface area contributed by atoms with Crippen LogP contribution in [0, 0.1) is 0 Å². The molecule has 22 heavy (non-hydrogen) atoms. The van der Waals surface area contributed by atoms with Crippen LogP contribution in [0.15, 0.2) is 24.3 Å². The Morgan fingerprint density at radius 1 is 1.23 bits per heavy atom. The van der Waals surface area contributed by atoms with Gasteiger partial charge in [-0.25, -0.2) is 4.90 Å². The number of hydrogen-bond donors (Lipinski definition) is 1. The van der Waals surface area contributed by atoms with Crippen LogP contribution in [0.1, 0.15) is 51.5 Å². The molecule has 0 amide bonds. The van der Waals surface area contributed by atoms with Gasteiger partial charge >= 0.3 is 5.84 Å². The fourth-order valence-electron chi connectivity index (χ4n) is 3.83. The van der Waals surface area contributed by atoms with Crippen molar-refractivity contribution in [2.24, 2.45) is 0 Å². The lowest BCUT2D eigenvalue weighted by molar-refractivity contribution is -0.585. The molecule has 118 valence electrons. The van der Waals surface area contributed by atoms with Gasteiger partial charge in [-0.15, -0.1) is 12.6 Å². The highest BCUT2D eigenvalue weighted by atomic mass is 32.1. The molecular formula is C18H25N2S2+. The van der Waals surface area contributed by atoms with Gasteiger partial charge in [0.1, 0.15) is 12.2 Å². The van der Waals surface area contributed by atoms with Crippen molar-refractivity contribution in [1.82, 2.24) is 0 Å². The number of thiol groups is 1. The maximum Gasteiger partial charge on any atom is 0.302 e. The summed E-state index contributed by atoms with van der Waals surface area (Å²) in [7, 11) is 0. The van der Waals surface area contributed by atoms with Crippen LogP contribution in [0.2, 0.25) is 0 Å². The standard InChI is InChI=1S/C18H24N2S2/c1-13(2)20-16-11-7-6-8-14(16)12-19(17(20)18(21)22)15-9-4-3-5-10-15/h6-8,11,13,15H,3-5,9-10,12H2,1-2H3/p+1. The molecule has 2 aliphatic rings. The first-order valence-electron chi connectivity index (χ1n) is 8.33. The Bertz CT molecular complexity index is 601. The van der Waals surface area contributed by atoms with E-state index in [0.29, 0.717) is 16.3 Å². The van der Waals surface area contributed by atoms with E-state index in [4.69, 9.17) is 12.2 Å². The van der Waals surface area contributed by atoms with Crippen molar-refractivity contribution in [3.05, 3.63) is 29.8 Å². The zero-order valence-electron chi connectivity index (χ0n) is 13.5. The van der Waals surface area contributed by atoms with Gasteiger partial charge in [0, 0.05) is 5.56 Å². The van der Waals surface area contributed by atoms with Gasteiger partial charge in [-0.3, -0.25) is 4.58 Å². The molecule has 2 nitrogen and oxygen atoms in total. The fourth-order valence-corrected chi connectivity index (χ4v) is 4.29.